The van der Waals surface area contributed by atoms with Crippen LogP contribution in [0.25, 0.3) is 0 Å². The molecule has 1 saturated heterocycles. The van der Waals surface area contributed by atoms with E-state index in [0.717, 1.165) is 0 Å². The summed E-state index contributed by atoms with van der Waals surface area (Å²) in [7, 11) is 1.67. The lowest BCUT2D eigenvalue weighted by atomic mass is 10.2. The van der Waals surface area contributed by atoms with Crippen molar-refractivity contribution in [1.29, 1.82) is 0 Å². The Bertz CT molecular complexity index is 193. The second-order valence-corrected chi connectivity index (χ2v) is 2.64. The summed E-state index contributed by atoms with van der Waals surface area (Å²) in [5.74, 6) is 0. The Hall–Kier alpha value is -0.350. The molecule has 0 radical (unpaired) electrons. The van der Waals surface area contributed by atoms with Gasteiger partial charge in [-0.1, -0.05) is 0 Å². The number of ether oxygens (including phenoxy) is 2. The number of hydrogen-bond donors (Lipinski definition) is 1. The van der Waals surface area contributed by atoms with Gasteiger partial charge in [0.1, 0.15) is 6.10 Å². The van der Waals surface area contributed by atoms with Crippen LogP contribution < -0.4 is 5.32 Å². The van der Waals surface area contributed by atoms with Crippen LogP contribution in [0.2, 0.25) is 0 Å². The molecular formula is C7H13NO2S. The van der Waals surface area contributed by atoms with Gasteiger partial charge in [-0.05, 0) is 19.1 Å². The molecule has 1 fully saturated rings. The monoisotopic (exact) mass is 178 g/mol. The molecule has 0 aromatic carbocycles. The molecule has 4 heteroatoms. The highest BCUT2D eigenvalue weighted by Gasteiger charge is 2.26. The number of hydrogen-bond acceptors (Lipinski definition) is 3. The van der Waals surface area contributed by atoms with Gasteiger partial charge in [0.15, 0.2) is 0 Å². The van der Waals surface area contributed by atoms with E-state index in [1.165, 1.54) is 0 Å². The second kappa shape index (κ2) is 3.88. The summed E-state index contributed by atoms with van der Waals surface area (Å²) >= 11 is 4.82. The molecule has 1 aliphatic heterocycles. The van der Waals surface area contributed by atoms with E-state index in [1.807, 2.05) is 0 Å². The minimum absolute atomic E-state index is 0.104. The molecule has 0 bridgehead atoms. The van der Waals surface area contributed by atoms with Crippen LogP contribution in [0.5, 0.6) is 0 Å². The van der Waals surface area contributed by atoms with Crippen molar-refractivity contribution in [2.75, 3.05) is 13.6 Å². The first-order chi connectivity index (χ1) is 6.17. The van der Waals surface area contributed by atoms with Crippen LogP contribution in [0.4, 0.5) is 0 Å². The molecule has 0 aliphatic carbocycles. The number of nitrogens with one attached hydrogen (secondary N) is 1. The third-order valence-electron chi connectivity index (χ3n) is 1.48. The number of thiocarbonyl (C=S) groups is 1. The van der Waals surface area contributed by atoms with E-state index < -0.39 is 6.58 Å². The summed E-state index contributed by atoms with van der Waals surface area (Å²) < 4.78 is 24.9. The molecular weight excluding hydrogens is 162 g/mol. The van der Waals surface area contributed by atoms with Crippen molar-refractivity contribution in [2.45, 2.75) is 25.5 Å². The topological polar surface area (TPSA) is 30.5 Å². The third kappa shape index (κ3) is 2.31. The molecule has 11 heavy (non-hydrogen) atoms. The predicted octanol–water partition coefficient (Wildman–Crippen LogP) is 0.685. The normalized spacial score (nSPS) is 39.2. The lowest BCUT2D eigenvalue weighted by Crippen LogP contribution is -2.29. The van der Waals surface area contributed by atoms with E-state index >= 15 is 0 Å². The molecule has 3 nitrogen and oxygen atoms in total. The van der Waals surface area contributed by atoms with Crippen LogP contribution in [0.1, 0.15) is 16.1 Å². The van der Waals surface area contributed by atoms with Gasteiger partial charge in [-0.2, -0.15) is 0 Å². The van der Waals surface area contributed by atoms with Gasteiger partial charge in [0.05, 0.1) is 14.1 Å². The molecule has 0 saturated carbocycles. The minimum Gasteiger partial charge on any atom is -0.465 e. The Labute approximate surface area is 74.9 Å². The number of rotatable bonds is 1. The van der Waals surface area contributed by atoms with E-state index in [-0.39, 0.29) is 19.1 Å². The first-order valence-corrected chi connectivity index (χ1v) is 3.83. The summed E-state index contributed by atoms with van der Waals surface area (Å²) in [5.41, 5.74) is 0. The first-order valence-electron chi connectivity index (χ1n) is 4.71. The molecule has 0 spiro atoms. The van der Waals surface area contributed by atoms with Crippen LogP contribution in [-0.2, 0) is 9.47 Å². The van der Waals surface area contributed by atoms with Gasteiger partial charge in [-0.3, -0.25) is 0 Å². The summed E-state index contributed by atoms with van der Waals surface area (Å²) in [4.78, 5) is 0. The Morgan fingerprint density at radius 2 is 2.91 bits per heavy atom. The van der Waals surface area contributed by atoms with E-state index in [2.05, 4.69) is 5.32 Å². The zero-order valence-corrected chi connectivity index (χ0v) is 7.19. The van der Waals surface area contributed by atoms with Gasteiger partial charge in [0.2, 0.25) is 0 Å². The molecule has 64 valence electrons. The predicted molar refractivity (Wildman–Crippen MR) is 46.6 cm³/mol. The fourth-order valence-corrected chi connectivity index (χ4v) is 0.957. The molecule has 1 unspecified atom stereocenters. The minimum atomic E-state index is -0.583. The summed E-state index contributed by atoms with van der Waals surface area (Å²) in [6, 6.07) is 0. The lowest BCUT2D eigenvalue weighted by molar-refractivity contribution is 0.0617. The Kier molecular flexibility index (Phi) is 2.18. The highest BCUT2D eigenvalue weighted by Crippen LogP contribution is 2.16. The fraction of sp³-hybridized carbons (Fsp3) is 0.857. The van der Waals surface area contributed by atoms with Crippen molar-refractivity contribution in [1.82, 2.24) is 5.32 Å². The van der Waals surface area contributed by atoms with Crippen LogP contribution >= 0.6 is 12.2 Å². The molecule has 0 amide bonds. The molecule has 1 rings (SSSR count). The first kappa shape index (κ1) is 6.20. The second-order valence-electron chi connectivity index (χ2n) is 2.27. The van der Waals surface area contributed by atoms with E-state index in [0.29, 0.717) is 11.6 Å². The van der Waals surface area contributed by atoms with Crippen molar-refractivity contribution in [3.8, 4) is 0 Å². The maximum atomic E-state index is 7.35. The molecule has 3 atom stereocenters. The van der Waals surface area contributed by atoms with Crippen molar-refractivity contribution in [3.05, 3.63) is 0 Å². The van der Waals surface area contributed by atoms with Crippen molar-refractivity contribution in [3.63, 3.8) is 0 Å². The average Bonchev–Trinajstić information content (AvgIpc) is 2.46. The van der Waals surface area contributed by atoms with Gasteiger partial charge >= 0.3 is 0 Å². The Morgan fingerprint density at radius 1 is 2.09 bits per heavy atom. The molecule has 1 aliphatic rings. The SMILES string of the molecule is [2H]C[C@H]1O[C@H]([3H])CC1OC(=S)NC. The van der Waals surface area contributed by atoms with Crippen LogP contribution in [0.15, 0.2) is 0 Å². The van der Waals surface area contributed by atoms with E-state index in [4.69, 9.17) is 24.4 Å². The largest absolute Gasteiger partial charge is 0.465 e. The highest BCUT2D eigenvalue weighted by molar-refractivity contribution is 7.80. The average molecular weight is 178 g/mol. The lowest BCUT2D eigenvalue weighted by Gasteiger charge is -2.16. The molecule has 0 aromatic heterocycles. The summed E-state index contributed by atoms with van der Waals surface area (Å²) in [6.45, 7) is -0.480. The van der Waals surface area contributed by atoms with Crippen molar-refractivity contribution in [2.24, 2.45) is 0 Å². The quantitative estimate of drug-likeness (QED) is 0.598. The van der Waals surface area contributed by atoms with E-state index in [1.54, 1.807) is 7.05 Å². The fourth-order valence-electron chi connectivity index (χ4n) is 0.834. The van der Waals surface area contributed by atoms with Gasteiger partial charge in [-0.15, -0.1) is 0 Å². The zero-order chi connectivity index (χ0) is 9.84. The van der Waals surface area contributed by atoms with Gasteiger partial charge < -0.3 is 14.8 Å². The van der Waals surface area contributed by atoms with Crippen molar-refractivity contribution < 1.29 is 12.2 Å². The van der Waals surface area contributed by atoms with E-state index in [9.17, 15) is 0 Å². The summed E-state index contributed by atoms with van der Waals surface area (Å²) in [6.07, 6.45) is -0.0977. The Morgan fingerprint density at radius 3 is 3.55 bits per heavy atom. The third-order valence-corrected chi connectivity index (χ3v) is 1.78. The maximum Gasteiger partial charge on any atom is 0.256 e. The highest BCUT2D eigenvalue weighted by atomic mass is 32.1. The van der Waals surface area contributed by atoms with Crippen LogP contribution in [-0.4, -0.2) is 31.0 Å². The molecule has 1 heterocycles. The standard InChI is InChI=1S/C7H13NO2S/c1-5-6(3-4-9-5)10-7(11)8-2/h5-6H,3-4H2,1-2H3,(H,8,11)/t5-,6?/m1/s1/i1D,4T/t4-,5-,6?. The smallest absolute Gasteiger partial charge is 0.256 e. The van der Waals surface area contributed by atoms with Crippen LogP contribution in [0.3, 0.4) is 0 Å². The van der Waals surface area contributed by atoms with Gasteiger partial charge in [0.25, 0.3) is 5.17 Å². The molecule has 1 N–H and O–H groups in total. The summed E-state index contributed by atoms with van der Waals surface area (Å²) in [5, 5.41) is 2.98. The Balaban J connectivity index is 2.43. The van der Waals surface area contributed by atoms with Gasteiger partial charge in [-0.25, -0.2) is 0 Å². The van der Waals surface area contributed by atoms with Gasteiger partial charge in [0, 0.05) is 14.8 Å². The van der Waals surface area contributed by atoms with Crippen LogP contribution in [0, 0.1) is 0 Å². The zero-order valence-electron chi connectivity index (χ0n) is 8.37. The maximum absolute atomic E-state index is 7.35. The van der Waals surface area contributed by atoms with Crippen molar-refractivity contribution >= 4 is 17.4 Å². The molecule has 0 aromatic rings.